The summed E-state index contributed by atoms with van der Waals surface area (Å²) >= 11 is 4.99. The van der Waals surface area contributed by atoms with E-state index < -0.39 is 0 Å². The van der Waals surface area contributed by atoms with E-state index >= 15 is 0 Å². The summed E-state index contributed by atoms with van der Waals surface area (Å²) in [6.07, 6.45) is 2.11. The van der Waals surface area contributed by atoms with Crippen LogP contribution in [0.15, 0.2) is 24.3 Å². The van der Waals surface area contributed by atoms with E-state index in [-0.39, 0.29) is 23.5 Å². The molecular weight excluding hydrogens is 284 g/mol. The van der Waals surface area contributed by atoms with Crippen molar-refractivity contribution in [1.29, 1.82) is 0 Å². The molecule has 1 aliphatic heterocycles. The van der Waals surface area contributed by atoms with Gasteiger partial charge in [0.05, 0.1) is 5.56 Å². The molecule has 0 saturated carbocycles. The Balaban J connectivity index is 1.97. The molecule has 1 heterocycles. The second kappa shape index (κ2) is 6.89. The molecule has 1 aromatic carbocycles. The van der Waals surface area contributed by atoms with Crippen molar-refractivity contribution in [2.45, 2.75) is 32.7 Å². The first-order valence-electron chi connectivity index (χ1n) is 7.30. The van der Waals surface area contributed by atoms with Gasteiger partial charge in [0.2, 0.25) is 0 Å². The smallest absolute Gasteiger partial charge is 0.260 e. The van der Waals surface area contributed by atoms with E-state index in [9.17, 15) is 4.79 Å². The number of piperidine rings is 1. The standard InChI is InChI=1S/C16H22N2O2S/c1-11-7-8-18(12(2)9-11)15(19)10-20-14-6-4-3-5-13(14)16(17)21/h3-6,11-12H,7-10H2,1-2H3,(H2,17,21). The van der Waals surface area contributed by atoms with Gasteiger partial charge < -0.3 is 15.4 Å². The highest BCUT2D eigenvalue weighted by atomic mass is 32.1. The van der Waals surface area contributed by atoms with E-state index in [1.54, 1.807) is 12.1 Å². The quantitative estimate of drug-likeness (QED) is 0.868. The monoisotopic (exact) mass is 306 g/mol. The van der Waals surface area contributed by atoms with Crippen LogP contribution in [-0.4, -0.2) is 35.0 Å². The van der Waals surface area contributed by atoms with Crippen LogP contribution in [0.25, 0.3) is 0 Å². The van der Waals surface area contributed by atoms with Crippen molar-refractivity contribution in [3.05, 3.63) is 29.8 Å². The summed E-state index contributed by atoms with van der Waals surface area (Å²) in [5.74, 6) is 1.27. The Labute approximate surface area is 131 Å². The van der Waals surface area contributed by atoms with Crippen LogP contribution in [0.4, 0.5) is 0 Å². The van der Waals surface area contributed by atoms with Crippen molar-refractivity contribution >= 4 is 23.1 Å². The lowest BCUT2D eigenvalue weighted by molar-refractivity contribution is -0.137. The van der Waals surface area contributed by atoms with Crippen molar-refractivity contribution in [3.63, 3.8) is 0 Å². The molecule has 0 spiro atoms. The van der Waals surface area contributed by atoms with Crippen LogP contribution < -0.4 is 10.5 Å². The number of benzene rings is 1. The Kier molecular flexibility index (Phi) is 5.17. The molecule has 1 amide bonds. The lowest BCUT2D eigenvalue weighted by Gasteiger charge is -2.36. The van der Waals surface area contributed by atoms with Crippen molar-refractivity contribution < 1.29 is 9.53 Å². The van der Waals surface area contributed by atoms with Gasteiger partial charge in [-0.15, -0.1) is 0 Å². The second-order valence-electron chi connectivity index (χ2n) is 5.71. The molecule has 0 radical (unpaired) electrons. The molecule has 2 N–H and O–H groups in total. The largest absolute Gasteiger partial charge is 0.483 e. The number of carbonyl (C=O) groups is 1. The molecule has 0 aliphatic carbocycles. The minimum Gasteiger partial charge on any atom is -0.483 e. The van der Waals surface area contributed by atoms with Gasteiger partial charge in [0, 0.05) is 12.6 Å². The number of para-hydroxylation sites is 1. The van der Waals surface area contributed by atoms with Crippen LogP contribution in [-0.2, 0) is 4.79 Å². The molecule has 0 aromatic heterocycles. The Hall–Kier alpha value is -1.62. The van der Waals surface area contributed by atoms with Crippen LogP contribution >= 0.6 is 12.2 Å². The van der Waals surface area contributed by atoms with Crippen molar-refractivity contribution in [3.8, 4) is 5.75 Å². The molecule has 2 rings (SSSR count). The van der Waals surface area contributed by atoms with Gasteiger partial charge in [0.25, 0.3) is 5.91 Å². The molecule has 1 aliphatic rings. The normalized spacial score (nSPS) is 21.9. The second-order valence-corrected chi connectivity index (χ2v) is 6.15. The number of hydrogen-bond donors (Lipinski definition) is 1. The predicted octanol–water partition coefficient (Wildman–Crippen LogP) is 2.35. The minimum atomic E-state index is 0.0205. The van der Waals surface area contributed by atoms with Gasteiger partial charge in [0.15, 0.2) is 6.61 Å². The number of ether oxygens (including phenoxy) is 1. The average molecular weight is 306 g/mol. The maximum atomic E-state index is 12.3. The Morgan fingerprint density at radius 3 is 2.81 bits per heavy atom. The maximum Gasteiger partial charge on any atom is 0.260 e. The average Bonchev–Trinajstić information content (AvgIpc) is 2.45. The van der Waals surface area contributed by atoms with Crippen LogP contribution in [0, 0.1) is 5.92 Å². The van der Waals surface area contributed by atoms with Gasteiger partial charge in [0.1, 0.15) is 10.7 Å². The fraction of sp³-hybridized carbons (Fsp3) is 0.500. The third-order valence-electron chi connectivity index (χ3n) is 3.96. The van der Waals surface area contributed by atoms with Crippen LogP contribution in [0.2, 0.25) is 0 Å². The third-order valence-corrected chi connectivity index (χ3v) is 4.18. The molecule has 114 valence electrons. The minimum absolute atomic E-state index is 0.0205. The van der Waals surface area contributed by atoms with Crippen LogP contribution in [0.1, 0.15) is 32.3 Å². The van der Waals surface area contributed by atoms with E-state index in [0.717, 1.165) is 19.4 Å². The number of amides is 1. The highest BCUT2D eigenvalue weighted by molar-refractivity contribution is 7.80. The molecule has 1 saturated heterocycles. The molecule has 2 atom stereocenters. The maximum absolute atomic E-state index is 12.3. The zero-order valence-electron chi connectivity index (χ0n) is 12.5. The number of rotatable bonds is 4. The summed E-state index contributed by atoms with van der Waals surface area (Å²) in [5.41, 5.74) is 6.32. The Morgan fingerprint density at radius 2 is 2.14 bits per heavy atom. The zero-order chi connectivity index (χ0) is 15.4. The van der Waals surface area contributed by atoms with Crippen molar-refractivity contribution in [1.82, 2.24) is 4.90 Å². The summed E-state index contributed by atoms with van der Waals surface area (Å²) in [6.45, 7) is 5.16. The van der Waals surface area contributed by atoms with E-state index in [2.05, 4.69) is 13.8 Å². The molecule has 21 heavy (non-hydrogen) atoms. The van der Waals surface area contributed by atoms with Gasteiger partial charge in [-0.1, -0.05) is 31.3 Å². The van der Waals surface area contributed by atoms with Gasteiger partial charge in [-0.3, -0.25) is 4.79 Å². The number of likely N-dealkylation sites (tertiary alicyclic amines) is 1. The highest BCUT2D eigenvalue weighted by Crippen LogP contribution is 2.23. The number of nitrogens with zero attached hydrogens (tertiary/aromatic N) is 1. The zero-order valence-corrected chi connectivity index (χ0v) is 13.4. The topological polar surface area (TPSA) is 55.6 Å². The van der Waals surface area contributed by atoms with E-state index in [4.69, 9.17) is 22.7 Å². The lowest BCUT2D eigenvalue weighted by Crippen LogP contribution is -2.46. The summed E-state index contributed by atoms with van der Waals surface area (Å²) < 4.78 is 5.63. The Morgan fingerprint density at radius 1 is 1.43 bits per heavy atom. The van der Waals surface area contributed by atoms with E-state index in [0.29, 0.717) is 17.2 Å². The molecule has 0 bridgehead atoms. The van der Waals surface area contributed by atoms with Gasteiger partial charge in [-0.2, -0.15) is 0 Å². The van der Waals surface area contributed by atoms with Gasteiger partial charge in [-0.25, -0.2) is 0 Å². The number of nitrogens with two attached hydrogens (primary N) is 1. The molecule has 4 nitrogen and oxygen atoms in total. The summed E-state index contributed by atoms with van der Waals surface area (Å²) in [5, 5.41) is 0. The third kappa shape index (κ3) is 3.94. The first-order chi connectivity index (χ1) is 9.99. The molecule has 2 unspecified atom stereocenters. The summed E-state index contributed by atoms with van der Waals surface area (Å²) in [7, 11) is 0. The highest BCUT2D eigenvalue weighted by Gasteiger charge is 2.26. The number of thiocarbonyl (C=S) groups is 1. The van der Waals surface area contributed by atoms with Crippen LogP contribution in [0.5, 0.6) is 5.75 Å². The fourth-order valence-corrected chi connectivity index (χ4v) is 2.96. The molecule has 1 fully saturated rings. The predicted molar refractivity (Wildman–Crippen MR) is 87.4 cm³/mol. The fourth-order valence-electron chi connectivity index (χ4n) is 2.80. The summed E-state index contributed by atoms with van der Waals surface area (Å²) in [6, 6.07) is 7.54. The molecule has 5 heteroatoms. The first kappa shape index (κ1) is 15.8. The number of hydrogen-bond acceptors (Lipinski definition) is 3. The summed E-state index contributed by atoms with van der Waals surface area (Å²) in [4.78, 5) is 14.5. The van der Waals surface area contributed by atoms with E-state index in [1.165, 1.54) is 0 Å². The molecule has 1 aromatic rings. The lowest BCUT2D eigenvalue weighted by atomic mass is 9.93. The van der Waals surface area contributed by atoms with Gasteiger partial charge in [-0.05, 0) is 37.8 Å². The van der Waals surface area contributed by atoms with Crippen molar-refractivity contribution in [2.75, 3.05) is 13.2 Å². The first-order valence-corrected chi connectivity index (χ1v) is 7.71. The van der Waals surface area contributed by atoms with Crippen molar-refractivity contribution in [2.24, 2.45) is 11.7 Å². The molecular formula is C16H22N2O2S. The van der Waals surface area contributed by atoms with E-state index in [1.807, 2.05) is 17.0 Å². The SMILES string of the molecule is CC1CCN(C(=O)COc2ccccc2C(N)=S)C(C)C1. The number of carbonyl (C=O) groups excluding carboxylic acids is 1. The van der Waals surface area contributed by atoms with Crippen LogP contribution in [0.3, 0.4) is 0 Å². The van der Waals surface area contributed by atoms with Gasteiger partial charge >= 0.3 is 0 Å². The Bertz CT molecular complexity index is 533.